The summed E-state index contributed by atoms with van der Waals surface area (Å²) in [6.45, 7) is 7.42. The second kappa shape index (κ2) is 22.1. The van der Waals surface area contributed by atoms with E-state index in [1.54, 1.807) is 0 Å². The minimum atomic E-state index is 0.347. The zero-order valence-electron chi connectivity index (χ0n) is 34.4. The second-order valence-corrected chi connectivity index (χ2v) is 14.9. The fourth-order valence-electron chi connectivity index (χ4n) is 7.76. The van der Waals surface area contributed by atoms with E-state index in [4.69, 9.17) is 56.8 Å². The number of hydrogen-bond donors (Lipinski definition) is 0. The summed E-state index contributed by atoms with van der Waals surface area (Å²) in [5.41, 5.74) is 9.88. The maximum Gasteiger partial charge on any atom is 0.123 e. The van der Waals surface area contributed by atoms with Gasteiger partial charge >= 0.3 is 0 Å². The molecule has 0 spiro atoms. The van der Waals surface area contributed by atoms with Gasteiger partial charge in [0.15, 0.2) is 0 Å². The summed E-state index contributed by atoms with van der Waals surface area (Å²) in [4.78, 5) is 0. The number of aryl methyl sites for hydroxylation is 2. The maximum absolute atomic E-state index is 6.47. The second-order valence-electron chi connectivity index (χ2n) is 14.9. The first-order valence-corrected chi connectivity index (χ1v) is 21.2. The Balaban J connectivity index is 1.07. The van der Waals surface area contributed by atoms with Gasteiger partial charge in [0.25, 0.3) is 0 Å². The first-order chi connectivity index (χ1) is 29.7. The number of allylic oxidation sites excluding steroid dienone is 2. The topological polar surface area (TPSA) is 111 Å². The van der Waals surface area contributed by atoms with Crippen LogP contribution in [0.15, 0.2) is 72.8 Å². The third kappa shape index (κ3) is 12.1. The van der Waals surface area contributed by atoms with Crippen molar-refractivity contribution in [2.75, 3.05) is 106 Å². The van der Waals surface area contributed by atoms with Gasteiger partial charge in [-0.25, -0.2) is 0 Å². The summed E-state index contributed by atoms with van der Waals surface area (Å²) in [7, 11) is 0. The zero-order chi connectivity index (χ0) is 40.6. The number of ether oxygens (including phenoxy) is 12. The van der Waals surface area contributed by atoms with Gasteiger partial charge in [0.05, 0.1) is 79.3 Å². The van der Waals surface area contributed by atoms with Gasteiger partial charge in [0.1, 0.15) is 74.1 Å². The van der Waals surface area contributed by atoms with Crippen molar-refractivity contribution in [2.45, 2.75) is 38.9 Å². The molecule has 60 heavy (non-hydrogen) atoms. The Bertz CT molecular complexity index is 1820. The van der Waals surface area contributed by atoms with Crippen LogP contribution in [-0.4, -0.2) is 106 Å². The van der Waals surface area contributed by atoms with Crippen molar-refractivity contribution in [1.82, 2.24) is 0 Å². The summed E-state index contributed by atoms with van der Waals surface area (Å²) < 4.78 is 72.0. The minimum absolute atomic E-state index is 0.347. The lowest BCUT2D eigenvalue weighted by molar-refractivity contribution is 0.00432. The molecule has 0 N–H and O–H groups in total. The van der Waals surface area contributed by atoms with Crippen LogP contribution in [-0.2, 0) is 54.5 Å². The molecule has 0 saturated heterocycles. The van der Waals surface area contributed by atoms with Crippen LogP contribution in [0.2, 0.25) is 0 Å². The van der Waals surface area contributed by atoms with Gasteiger partial charge in [0.2, 0.25) is 0 Å². The number of benzene rings is 4. The van der Waals surface area contributed by atoms with Gasteiger partial charge in [-0.3, -0.25) is 0 Å². The van der Waals surface area contributed by atoms with Gasteiger partial charge in [0, 0.05) is 12.1 Å². The fourth-order valence-corrected chi connectivity index (χ4v) is 7.76. The lowest BCUT2D eigenvalue weighted by Gasteiger charge is -2.15. The molecule has 0 saturated carbocycles. The standard InChI is InChI=1S/C48H56O12/c1-5-39-31-47-37(1)3-7-45(47)46-8-4-38-2-6-40(32-48(38)46)60-34-36-27-43-30-44(28-36)58-24-20-54-16-12-50-10-14-52-18-22-56-42-26-35(33-59-39)25-41(29-42)55-21-17-51-13-9-49-11-15-53-19-23-57-43/h1-2,5-6,25-32H,3-4,7-24,33-34H2. The molecule has 2 heterocycles. The number of hydrogen-bond acceptors (Lipinski definition) is 12. The number of rotatable bonds is 0. The molecule has 12 heteroatoms. The Morgan fingerprint density at radius 1 is 0.267 bits per heavy atom. The highest BCUT2D eigenvalue weighted by Crippen LogP contribution is 2.45. The first kappa shape index (κ1) is 41.9. The van der Waals surface area contributed by atoms with Crippen molar-refractivity contribution in [2.24, 2.45) is 0 Å². The third-order valence-electron chi connectivity index (χ3n) is 10.6. The minimum Gasteiger partial charge on any atom is -0.491 e. The molecule has 12 nitrogen and oxygen atoms in total. The highest BCUT2D eigenvalue weighted by atomic mass is 16.6. The molecule has 0 radical (unpaired) electrons. The predicted molar refractivity (Wildman–Crippen MR) is 225 cm³/mol. The molecular weight excluding hydrogens is 769 g/mol. The van der Waals surface area contributed by atoms with Crippen LogP contribution >= 0.6 is 0 Å². The van der Waals surface area contributed by atoms with Gasteiger partial charge in [-0.2, -0.15) is 0 Å². The Kier molecular flexibility index (Phi) is 15.5. The van der Waals surface area contributed by atoms with E-state index in [0.29, 0.717) is 142 Å². The normalized spacial score (nSPS) is 19.2. The number of fused-ring (bicyclic) bond motifs is 6. The molecule has 10 bridgehead atoms. The molecule has 4 aromatic rings. The monoisotopic (exact) mass is 824 g/mol. The van der Waals surface area contributed by atoms with E-state index >= 15 is 0 Å². The molecule has 8 rings (SSSR count). The molecule has 2 aliphatic heterocycles. The van der Waals surface area contributed by atoms with Gasteiger partial charge in [-0.15, -0.1) is 0 Å². The average molecular weight is 825 g/mol. The molecule has 0 atom stereocenters. The van der Waals surface area contributed by atoms with E-state index in [-0.39, 0.29) is 0 Å². The fraction of sp³-hybridized carbons (Fsp3) is 0.458. The van der Waals surface area contributed by atoms with Gasteiger partial charge in [-0.1, -0.05) is 12.1 Å². The van der Waals surface area contributed by atoms with Crippen LogP contribution in [0.5, 0.6) is 34.5 Å². The molecule has 4 aliphatic rings. The molecule has 320 valence electrons. The molecule has 2 aliphatic carbocycles. The third-order valence-corrected chi connectivity index (χ3v) is 10.6. The molecule has 0 aromatic heterocycles. The Morgan fingerprint density at radius 3 is 0.917 bits per heavy atom. The lowest BCUT2D eigenvalue weighted by Crippen LogP contribution is -2.15. The average Bonchev–Trinajstić information content (AvgIpc) is 3.88. The summed E-state index contributed by atoms with van der Waals surface area (Å²) >= 11 is 0. The van der Waals surface area contributed by atoms with Crippen molar-refractivity contribution in [3.05, 3.63) is 106 Å². The van der Waals surface area contributed by atoms with Crippen molar-refractivity contribution >= 4 is 11.1 Å². The van der Waals surface area contributed by atoms with E-state index in [2.05, 4.69) is 36.4 Å². The SMILES string of the molecule is c1c2cc3cc1OCCOCCOCCOCCOc1cc(cc(c1)OCCOCCOCCOCCO3)COc1ccc3c(c1)C(=C1CCc4ccc(cc41)OC2)CC3. The first-order valence-electron chi connectivity index (χ1n) is 21.2. The summed E-state index contributed by atoms with van der Waals surface area (Å²) in [6, 6.07) is 24.7. The summed E-state index contributed by atoms with van der Waals surface area (Å²) in [6.07, 6.45) is 4.01. The van der Waals surface area contributed by atoms with Crippen molar-refractivity contribution < 1.29 is 56.8 Å². The lowest BCUT2D eigenvalue weighted by atomic mass is 9.96. The van der Waals surface area contributed by atoms with Crippen molar-refractivity contribution in [3.8, 4) is 34.5 Å². The Hall–Kier alpha value is -4.82. The van der Waals surface area contributed by atoms with E-state index in [1.165, 1.54) is 33.4 Å². The highest BCUT2D eigenvalue weighted by molar-refractivity contribution is 5.96. The van der Waals surface area contributed by atoms with E-state index in [1.807, 2.05) is 36.4 Å². The van der Waals surface area contributed by atoms with Crippen LogP contribution < -0.4 is 28.4 Å². The van der Waals surface area contributed by atoms with Crippen molar-refractivity contribution in [1.29, 1.82) is 0 Å². The van der Waals surface area contributed by atoms with Gasteiger partial charge < -0.3 is 56.8 Å². The largest absolute Gasteiger partial charge is 0.491 e. The van der Waals surface area contributed by atoms with Crippen LogP contribution in [0.3, 0.4) is 0 Å². The van der Waals surface area contributed by atoms with E-state index < -0.39 is 0 Å². The smallest absolute Gasteiger partial charge is 0.123 e. The Morgan fingerprint density at radius 2 is 0.583 bits per heavy atom. The predicted octanol–water partition coefficient (Wildman–Crippen LogP) is 7.29. The van der Waals surface area contributed by atoms with Crippen molar-refractivity contribution in [3.63, 3.8) is 0 Å². The van der Waals surface area contributed by atoms with Gasteiger partial charge in [-0.05, 0) is 119 Å². The van der Waals surface area contributed by atoms with Crippen LogP contribution in [0, 0.1) is 0 Å². The van der Waals surface area contributed by atoms with Crippen LogP contribution in [0.25, 0.3) is 11.1 Å². The zero-order valence-corrected chi connectivity index (χ0v) is 34.4. The van der Waals surface area contributed by atoms with Crippen LogP contribution in [0.1, 0.15) is 46.2 Å². The van der Waals surface area contributed by atoms with E-state index in [9.17, 15) is 0 Å². The highest BCUT2D eigenvalue weighted by Gasteiger charge is 2.26. The molecule has 0 fully saturated rings. The molecule has 0 unspecified atom stereocenters. The molecule has 4 aromatic carbocycles. The summed E-state index contributed by atoms with van der Waals surface area (Å²) in [5.74, 6) is 4.34. The summed E-state index contributed by atoms with van der Waals surface area (Å²) in [5, 5.41) is 0. The van der Waals surface area contributed by atoms with Crippen LogP contribution in [0.4, 0.5) is 0 Å². The molecule has 0 amide bonds. The van der Waals surface area contributed by atoms with E-state index in [0.717, 1.165) is 48.3 Å². The quantitative estimate of drug-likeness (QED) is 0.178. The maximum atomic E-state index is 6.47. The Labute approximate surface area is 352 Å². The molecular formula is C48H56O12.